The number of nitrogens with one attached hydrogen (secondary N) is 1. The fraction of sp³-hybridized carbons (Fsp3) is 0.500. The van der Waals surface area contributed by atoms with Crippen molar-refractivity contribution in [2.75, 3.05) is 6.54 Å². The lowest BCUT2D eigenvalue weighted by molar-refractivity contribution is 0.0935. The molecule has 0 aliphatic heterocycles. The third-order valence-electron chi connectivity index (χ3n) is 2.65. The number of hydrogen-bond donors (Lipinski definition) is 1. The Bertz CT molecular complexity index is 377. The predicted molar refractivity (Wildman–Crippen MR) is 68.3 cm³/mol. The number of amides is 1. The van der Waals surface area contributed by atoms with Crippen molar-refractivity contribution in [1.29, 1.82) is 0 Å². The predicted octanol–water partition coefficient (Wildman–Crippen LogP) is 3.01. The zero-order chi connectivity index (χ0) is 12.2. The molecule has 0 spiro atoms. The maximum atomic E-state index is 11.8. The Balaban J connectivity index is 2.60. The summed E-state index contributed by atoms with van der Waals surface area (Å²) in [5, 5.41) is 2.92. The van der Waals surface area contributed by atoms with Gasteiger partial charge in [0.2, 0.25) is 0 Å². The Morgan fingerprint density at radius 3 is 2.75 bits per heavy atom. The van der Waals surface area contributed by atoms with E-state index in [9.17, 15) is 4.79 Å². The van der Waals surface area contributed by atoms with Crippen molar-refractivity contribution in [3.05, 3.63) is 28.5 Å². The van der Waals surface area contributed by atoms with E-state index in [2.05, 4.69) is 47.0 Å². The van der Waals surface area contributed by atoms with E-state index < -0.39 is 0 Å². The number of rotatable bonds is 4. The van der Waals surface area contributed by atoms with E-state index >= 15 is 0 Å². The van der Waals surface area contributed by atoms with Crippen molar-refractivity contribution < 1.29 is 4.79 Å². The smallest absolute Gasteiger partial charge is 0.252 e. The topological polar surface area (TPSA) is 42.0 Å². The van der Waals surface area contributed by atoms with E-state index in [0.717, 1.165) is 10.9 Å². The summed E-state index contributed by atoms with van der Waals surface area (Å²) in [6.45, 7) is 7.06. The van der Waals surface area contributed by atoms with Gasteiger partial charge in [-0.2, -0.15) is 0 Å². The molecule has 16 heavy (non-hydrogen) atoms. The molecule has 0 aliphatic carbocycles. The van der Waals surface area contributed by atoms with E-state index in [-0.39, 0.29) is 11.3 Å². The van der Waals surface area contributed by atoms with Crippen molar-refractivity contribution >= 4 is 21.8 Å². The Morgan fingerprint density at radius 1 is 1.50 bits per heavy atom. The van der Waals surface area contributed by atoms with Gasteiger partial charge in [-0.3, -0.25) is 9.78 Å². The second-order valence-electron chi connectivity index (χ2n) is 4.59. The molecule has 3 nitrogen and oxygen atoms in total. The summed E-state index contributed by atoms with van der Waals surface area (Å²) >= 11 is 3.29. The number of hydrogen-bond acceptors (Lipinski definition) is 2. The summed E-state index contributed by atoms with van der Waals surface area (Å²) in [6.07, 6.45) is 4.26. The molecule has 1 aromatic rings. The zero-order valence-corrected chi connectivity index (χ0v) is 11.5. The first-order chi connectivity index (χ1) is 7.44. The Kier molecular flexibility index (Phi) is 4.47. The summed E-state index contributed by atoms with van der Waals surface area (Å²) in [5.74, 6) is -0.0738. The second-order valence-corrected chi connectivity index (χ2v) is 5.51. The third kappa shape index (κ3) is 3.93. The van der Waals surface area contributed by atoms with Gasteiger partial charge in [-0.1, -0.05) is 20.8 Å². The summed E-state index contributed by atoms with van der Waals surface area (Å²) in [4.78, 5) is 15.7. The molecular weight excluding hydrogens is 268 g/mol. The molecule has 1 heterocycles. The second kappa shape index (κ2) is 5.43. The van der Waals surface area contributed by atoms with Gasteiger partial charge in [0.05, 0.1) is 5.56 Å². The van der Waals surface area contributed by atoms with Crippen LogP contribution in [-0.4, -0.2) is 17.4 Å². The molecule has 0 aliphatic rings. The third-order valence-corrected chi connectivity index (χ3v) is 3.09. The molecule has 0 saturated heterocycles. The molecule has 0 unspecified atom stereocenters. The molecule has 0 aromatic carbocycles. The van der Waals surface area contributed by atoms with Crippen LogP contribution in [0.3, 0.4) is 0 Å². The monoisotopic (exact) mass is 284 g/mol. The van der Waals surface area contributed by atoms with Crippen LogP contribution in [-0.2, 0) is 0 Å². The molecule has 1 amide bonds. The number of carbonyl (C=O) groups excluding carboxylic acids is 1. The first-order valence-electron chi connectivity index (χ1n) is 5.33. The molecule has 1 N–H and O–H groups in total. The van der Waals surface area contributed by atoms with E-state index in [0.29, 0.717) is 12.1 Å². The average molecular weight is 285 g/mol. The van der Waals surface area contributed by atoms with E-state index in [1.54, 1.807) is 18.5 Å². The fourth-order valence-corrected chi connectivity index (χ4v) is 1.45. The van der Waals surface area contributed by atoms with Gasteiger partial charge in [0.25, 0.3) is 5.91 Å². The van der Waals surface area contributed by atoms with Crippen LogP contribution in [0.5, 0.6) is 0 Å². The molecular formula is C12H17BrN2O. The number of carbonyl (C=O) groups is 1. The van der Waals surface area contributed by atoms with Crippen molar-refractivity contribution in [3.63, 3.8) is 0 Å². The number of pyridine rings is 1. The number of nitrogens with zero attached hydrogens (tertiary/aromatic N) is 1. The summed E-state index contributed by atoms with van der Waals surface area (Å²) in [7, 11) is 0. The molecule has 0 radical (unpaired) electrons. The van der Waals surface area contributed by atoms with E-state index in [1.165, 1.54) is 0 Å². The van der Waals surface area contributed by atoms with Gasteiger partial charge in [-0.05, 0) is 33.8 Å². The molecule has 0 bridgehead atoms. The SMILES string of the molecule is CCC(C)(C)CNC(=O)c1cncc(Br)c1. The van der Waals surface area contributed by atoms with Gasteiger partial charge in [0.15, 0.2) is 0 Å². The largest absolute Gasteiger partial charge is 0.351 e. The first kappa shape index (κ1) is 13.2. The van der Waals surface area contributed by atoms with Crippen LogP contribution in [0.2, 0.25) is 0 Å². The molecule has 0 fully saturated rings. The van der Waals surface area contributed by atoms with Crippen LogP contribution in [0.1, 0.15) is 37.6 Å². The van der Waals surface area contributed by atoms with Crippen LogP contribution in [0.4, 0.5) is 0 Å². The normalized spacial score (nSPS) is 11.2. The highest BCUT2D eigenvalue weighted by Gasteiger charge is 2.16. The lowest BCUT2D eigenvalue weighted by atomic mass is 9.90. The summed E-state index contributed by atoms with van der Waals surface area (Å²) in [6, 6.07) is 1.77. The number of halogens is 1. The van der Waals surface area contributed by atoms with Crippen LogP contribution in [0.15, 0.2) is 22.9 Å². The minimum absolute atomic E-state index is 0.0738. The van der Waals surface area contributed by atoms with Gasteiger partial charge in [0.1, 0.15) is 0 Å². The molecule has 0 saturated carbocycles. The Morgan fingerprint density at radius 2 is 2.19 bits per heavy atom. The lowest BCUT2D eigenvalue weighted by Crippen LogP contribution is -2.33. The molecule has 1 aromatic heterocycles. The van der Waals surface area contributed by atoms with Gasteiger partial charge < -0.3 is 5.32 Å². The molecule has 1 rings (SSSR count). The quantitative estimate of drug-likeness (QED) is 0.924. The Hall–Kier alpha value is -0.900. The van der Waals surface area contributed by atoms with Crippen LogP contribution < -0.4 is 5.32 Å². The molecule has 0 atom stereocenters. The van der Waals surface area contributed by atoms with Crippen molar-refractivity contribution in [2.45, 2.75) is 27.2 Å². The lowest BCUT2D eigenvalue weighted by Gasteiger charge is -2.22. The standard InChI is InChI=1S/C12H17BrN2O/c1-4-12(2,3)8-15-11(16)9-5-10(13)7-14-6-9/h5-7H,4,8H2,1-3H3,(H,15,16). The average Bonchev–Trinajstić information content (AvgIpc) is 2.26. The van der Waals surface area contributed by atoms with Gasteiger partial charge in [-0.15, -0.1) is 0 Å². The highest BCUT2D eigenvalue weighted by molar-refractivity contribution is 9.10. The fourth-order valence-electron chi connectivity index (χ4n) is 1.08. The van der Waals surface area contributed by atoms with E-state index in [1.807, 2.05) is 0 Å². The zero-order valence-electron chi connectivity index (χ0n) is 9.88. The molecule has 4 heteroatoms. The Labute approximate surface area is 105 Å². The highest BCUT2D eigenvalue weighted by atomic mass is 79.9. The van der Waals surface area contributed by atoms with Crippen molar-refractivity contribution in [2.24, 2.45) is 5.41 Å². The van der Waals surface area contributed by atoms with Crippen LogP contribution in [0.25, 0.3) is 0 Å². The van der Waals surface area contributed by atoms with Crippen LogP contribution in [0, 0.1) is 5.41 Å². The maximum Gasteiger partial charge on any atom is 0.252 e. The van der Waals surface area contributed by atoms with Crippen LogP contribution >= 0.6 is 15.9 Å². The van der Waals surface area contributed by atoms with Crippen molar-refractivity contribution in [3.8, 4) is 0 Å². The summed E-state index contributed by atoms with van der Waals surface area (Å²) in [5.41, 5.74) is 0.719. The molecule has 88 valence electrons. The minimum Gasteiger partial charge on any atom is -0.351 e. The minimum atomic E-state index is -0.0738. The van der Waals surface area contributed by atoms with Gasteiger partial charge in [-0.25, -0.2) is 0 Å². The van der Waals surface area contributed by atoms with Gasteiger partial charge in [0, 0.05) is 23.4 Å². The highest BCUT2D eigenvalue weighted by Crippen LogP contribution is 2.18. The number of aromatic nitrogens is 1. The maximum absolute atomic E-state index is 11.8. The van der Waals surface area contributed by atoms with E-state index in [4.69, 9.17) is 0 Å². The summed E-state index contributed by atoms with van der Waals surface area (Å²) < 4.78 is 0.815. The van der Waals surface area contributed by atoms with Crippen molar-refractivity contribution in [1.82, 2.24) is 10.3 Å². The van der Waals surface area contributed by atoms with Gasteiger partial charge >= 0.3 is 0 Å². The first-order valence-corrected chi connectivity index (χ1v) is 6.12.